The molecule has 0 aromatic heterocycles. The van der Waals surface area contributed by atoms with Gasteiger partial charge in [0.2, 0.25) is 0 Å². The third-order valence-electron chi connectivity index (χ3n) is 1.99. The number of carbonyl (C=O) groups excluding carboxylic acids is 1. The molecule has 0 spiro atoms. The normalized spacial score (nSPS) is 11.3. The molecule has 4 heteroatoms. The molecule has 0 aliphatic rings. The van der Waals surface area contributed by atoms with Gasteiger partial charge in [0.1, 0.15) is 0 Å². The summed E-state index contributed by atoms with van der Waals surface area (Å²) in [5, 5.41) is 2.65. The van der Waals surface area contributed by atoms with Crippen LogP contribution in [0.1, 0.15) is 6.92 Å². The van der Waals surface area contributed by atoms with Gasteiger partial charge in [-0.15, -0.1) is 0 Å². The van der Waals surface area contributed by atoms with Crippen LogP contribution in [0.3, 0.4) is 0 Å². The Morgan fingerprint density at radius 3 is 2.50 bits per heavy atom. The fourth-order valence-corrected chi connectivity index (χ4v) is 1.53. The fourth-order valence-electron chi connectivity index (χ4n) is 0.616. The van der Waals surface area contributed by atoms with E-state index >= 15 is 0 Å². The topological polar surface area (TPSA) is 29.1 Å². The van der Waals surface area contributed by atoms with Crippen molar-refractivity contribution in [3.8, 4) is 0 Å². The van der Waals surface area contributed by atoms with Gasteiger partial charge in [0, 0.05) is 7.05 Å². The third-order valence-corrected chi connectivity index (χ3v) is 2.84. The van der Waals surface area contributed by atoms with E-state index in [-0.39, 0.29) is 5.24 Å². The van der Waals surface area contributed by atoms with E-state index in [1.54, 1.807) is 7.05 Å². The molecule has 0 aromatic rings. The van der Waals surface area contributed by atoms with E-state index in [2.05, 4.69) is 26.3 Å². The van der Waals surface area contributed by atoms with Gasteiger partial charge in [0.25, 0.3) is 5.24 Å². The second-order valence-corrected chi connectivity index (χ2v) is 4.43. The van der Waals surface area contributed by atoms with Gasteiger partial charge in [-0.2, -0.15) is 0 Å². The average Bonchev–Trinajstić information content (AvgIpc) is 2.04. The minimum atomic E-state index is 0.0612. The van der Waals surface area contributed by atoms with Crippen LogP contribution in [-0.2, 0) is 0 Å². The number of nitrogens with one attached hydrogen (secondary N) is 1. The minimum absolute atomic E-state index is 0.0612. The summed E-state index contributed by atoms with van der Waals surface area (Å²) in [7, 11) is 6.00. The van der Waals surface area contributed by atoms with Crippen LogP contribution in [0.4, 0.5) is 4.79 Å². The molecule has 0 heterocycles. The highest BCUT2D eigenvalue weighted by Crippen LogP contribution is 2.04. The summed E-state index contributed by atoms with van der Waals surface area (Å²) in [6.45, 7) is 4.30. The van der Waals surface area contributed by atoms with Gasteiger partial charge < -0.3 is 9.80 Å². The van der Waals surface area contributed by atoms with Crippen LogP contribution in [0.5, 0.6) is 0 Å². The molecular weight excluding hydrogens is 172 g/mol. The standard InChI is InChI=1S/C8H18N2OS/c1-5-10(3,4)6-7-12-8(11)9-2/h5-7H2,1-4H3/p+1. The van der Waals surface area contributed by atoms with E-state index in [4.69, 9.17) is 0 Å². The quantitative estimate of drug-likeness (QED) is 0.676. The molecule has 0 aliphatic carbocycles. The first kappa shape index (κ1) is 11.8. The molecule has 1 N–H and O–H groups in total. The maximum atomic E-state index is 10.8. The number of thioether (sulfide) groups is 1. The van der Waals surface area contributed by atoms with E-state index in [0.717, 1.165) is 23.3 Å². The lowest BCUT2D eigenvalue weighted by molar-refractivity contribution is -0.885. The molecule has 1 amide bonds. The van der Waals surface area contributed by atoms with Crippen molar-refractivity contribution >= 4 is 17.0 Å². The number of amides is 1. The number of quaternary nitrogens is 1. The molecule has 0 atom stereocenters. The number of nitrogens with zero attached hydrogens (tertiary/aromatic N) is 1. The first-order chi connectivity index (χ1) is 5.52. The predicted octanol–water partition coefficient (Wildman–Crippen LogP) is 1.16. The number of rotatable bonds is 4. The zero-order valence-electron chi connectivity index (χ0n) is 8.39. The molecule has 72 valence electrons. The Morgan fingerprint density at radius 2 is 2.08 bits per heavy atom. The molecule has 0 saturated carbocycles. The van der Waals surface area contributed by atoms with Crippen molar-refractivity contribution in [2.75, 3.05) is 40.0 Å². The van der Waals surface area contributed by atoms with E-state index in [9.17, 15) is 4.79 Å². The van der Waals surface area contributed by atoms with Crippen molar-refractivity contribution in [2.24, 2.45) is 0 Å². The molecule has 0 unspecified atom stereocenters. The molecule has 0 rings (SSSR count). The van der Waals surface area contributed by atoms with Crippen molar-refractivity contribution in [1.29, 1.82) is 0 Å². The van der Waals surface area contributed by atoms with Crippen LogP contribution in [0.25, 0.3) is 0 Å². The Kier molecular flexibility index (Phi) is 5.33. The Bertz CT molecular complexity index is 148. The second-order valence-electron chi connectivity index (χ2n) is 3.36. The van der Waals surface area contributed by atoms with Gasteiger partial charge >= 0.3 is 0 Å². The lowest BCUT2D eigenvalue weighted by atomic mass is 10.5. The Balaban J connectivity index is 3.49. The molecular formula is C8H19N2OS+. The molecule has 0 radical (unpaired) electrons. The van der Waals surface area contributed by atoms with Gasteiger partial charge in [-0.3, -0.25) is 4.79 Å². The van der Waals surface area contributed by atoms with Gasteiger partial charge in [-0.1, -0.05) is 11.8 Å². The van der Waals surface area contributed by atoms with Crippen molar-refractivity contribution in [1.82, 2.24) is 5.32 Å². The van der Waals surface area contributed by atoms with Crippen LogP contribution in [0, 0.1) is 0 Å². The maximum absolute atomic E-state index is 10.8. The highest BCUT2D eigenvalue weighted by Gasteiger charge is 2.11. The smallest absolute Gasteiger partial charge is 0.279 e. The lowest BCUT2D eigenvalue weighted by Gasteiger charge is -2.27. The summed E-state index contributed by atoms with van der Waals surface area (Å²) in [6, 6.07) is 0. The summed E-state index contributed by atoms with van der Waals surface area (Å²) in [4.78, 5) is 10.8. The molecule has 0 saturated heterocycles. The molecule has 12 heavy (non-hydrogen) atoms. The second kappa shape index (κ2) is 5.43. The van der Waals surface area contributed by atoms with E-state index in [0.29, 0.717) is 0 Å². The van der Waals surface area contributed by atoms with E-state index < -0.39 is 0 Å². The lowest BCUT2D eigenvalue weighted by Crippen LogP contribution is -2.41. The van der Waals surface area contributed by atoms with Crippen molar-refractivity contribution in [2.45, 2.75) is 6.92 Å². The largest absolute Gasteiger partial charge is 0.350 e. The first-order valence-corrected chi connectivity index (χ1v) is 5.17. The summed E-state index contributed by atoms with van der Waals surface area (Å²) >= 11 is 1.35. The van der Waals surface area contributed by atoms with Gasteiger partial charge in [-0.05, 0) is 6.92 Å². The number of hydrogen-bond donors (Lipinski definition) is 1. The summed E-state index contributed by atoms with van der Waals surface area (Å²) in [6.07, 6.45) is 0. The summed E-state index contributed by atoms with van der Waals surface area (Å²) in [5.41, 5.74) is 0. The van der Waals surface area contributed by atoms with Crippen LogP contribution >= 0.6 is 11.8 Å². The third kappa shape index (κ3) is 5.43. The van der Waals surface area contributed by atoms with Crippen LogP contribution < -0.4 is 5.32 Å². The zero-order chi connectivity index (χ0) is 9.61. The van der Waals surface area contributed by atoms with Crippen molar-refractivity contribution in [3.63, 3.8) is 0 Å². The maximum Gasteiger partial charge on any atom is 0.279 e. The number of hydrogen-bond acceptors (Lipinski definition) is 2. The van der Waals surface area contributed by atoms with Gasteiger partial charge in [0.15, 0.2) is 0 Å². The average molecular weight is 191 g/mol. The van der Waals surface area contributed by atoms with E-state index in [1.807, 2.05) is 0 Å². The van der Waals surface area contributed by atoms with Crippen molar-refractivity contribution < 1.29 is 9.28 Å². The summed E-state index contributed by atoms with van der Waals surface area (Å²) < 4.78 is 0.976. The first-order valence-electron chi connectivity index (χ1n) is 4.18. The zero-order valence-corrected chi connectivity index (χ0v) is 9.20. The van der Waals surface area contributed by atoms with Gasteiger partial charge in [-0.25, -0.2) is 0 Å². The van der Waals surface area contributed by atoms with Crippen molar-refractivity contribution in [3.05, 3.63) is 0 Å². The van der Waals surface area contributed by atoms with Gasteiger partial charge in [0.05, 0.1) is 32.9 Å². The molecule has 3 nitrogen and oxygen atoms in total. The molecule has 0 aliphatic heterocycles. The Morgan fingerprint density at radius 1 is 1.50 bits per heavy atom. The summed E-state index contributed by atoms with van der Waals surface area (Å²) in [5.74, 6) is 0.889. The Labute approximate surface area is 79.1 Å². The number of carbonyl (C=O) groups is 1. The van der Waals surface area contributed by atoms with Crippen LogP contribution in [-0.4, -0.2) is 49.7 Å². The highest BCUT2D eigenvalue weighted by atomic mass is 32.2. The Hall–Kier alpha value is -0.220. The molecule has 0 aromatic carbocycles. The fraction of sp³-hybridized carbons (Fsp3) is 0.875. The van der Waals surface area contributed by atoms with E-state index in [1.165, 1.54) is 11.8 Å². The minimum Gasteiger partial charge on any atom is -0.350 e. The van der Waals surface area contributed by atoms with Crippen LogP contribution in [0.2, 0.25) is 0 Å². The predicted molar refractivity (Wildman–Crippen MR) is 54.4 cm³/mol. The van der Waals surface area contributed by atoms with Crippen LogP contribution in [0.15, 0.2) is 0 Å². The highest BCUT2D eigenvalue weighted by molar-refractivity contribution is 8.13. The molecule has 0 fully saturated rings. The SMILES string of the molecule is CC[N+](C)(C)CCSC(=O)NC. The molecule has 0 bridgehead atoms. The monoisotopic (exact) mass is 191 g/mol.